The summed E-state index contributed by atoms with van der Waals surface area (Å²) in [6.07, 6.45) is 2.22. The molecule has 1 N–H and O–H groups in total. The Kier molecular flexibility index (Phi) is 7.60. The maximum atomic E-state index is 12.5. The molecule has 36 heavy (non-hydrogen) atoms. The summed E-state index contributed by atoms with van der Waals surface area (Å²) < 4.78 is 40.2. The summed E-state index contributed by atoms with van der Waals surface area (Å²) in [7, 11) is -3.68. The van der Waals surface area contributed by atoms with Crippen molar-refractivity contribution >= 4 is 49.9 Å². The van der Waals surface area contributed by atoms with Crippen LogP contribution in [-0.2, 0) is 14.6 Å². The quantitative estimate of drug-likeness (QED) is 0.311. The van der Waals surface area contributed by atoms with Crippen molar-refractivity contribution in [3.8, 4) is 11.5 Å². The number of rotatable bonds is 8. The molecular formula is C25H26N4O5S2. The predicted octanol–water partition coefficient (Wildman–Crippen LogP) is 4.16. The highest BCUT2D eigenvalue weighted by atomic mass is 32.2. The molecule has 2 aliphatic rings. The Hall–Kier alpha value is -3.44. The molecule has 0 aliphatic carbocycles. The molecule has 0 saturated heterocycles. The third-order valence-corrected chi connectivity index (χ3v) is 7.90. The van der Waals surface area contributed by atoms with Crippen molar-refractivity contribution in [2.24, 2.45) is 9.39 Å². The second-order valence-corrected chi connectivity index (χ2v) is 11.1. The van der Waals surface area contributed by atoms with Gasteiger partial charge >= 0.3 is 0 Å². The summed E-state index contributed by atoms with van der Waals surface area (Å²) in [6.45, 7) is 6.58. The van der Waals surface area contributed by atoms with Crippen molar-refractivity contribution in [2.45, 2.75) is 27.2 Å². The van der Waals surface area contributed by atoms with E-state index < -0.39 is 15.7 Å². The first-order chi connectivity index (χ1) is 17.2. The minimum absolute atomic E-state index is 0.0162. The highest BCUT2D eigenvalue weighted by Gasteiger charge is 2.42. The highest BCUT2D eigenvalue weighted by molar-refractivity contribution is 8.16. The molecule has 9 nitrogen and oxygen atoms in total. The molecular weight excluding hydrogens is 500 g/mol. The molecule has 0 fully saturated rings. The first-order valence-electron chi connectivity index (χ1n) is 11.3. The van der Waals surface area contributed by atoms with Crippen LogP contribution in [0.15, 0.2) is 57.4 Å². The second kappa shape index (κ2) is 10.7. The lowest BCUT2D eigenvalue weighted by Crippen LogP contribution is -2.45. The number of aliphatic imine (C=N–C) groups is 1. The third kappa shape index (κ3) is 5.52. The molecule has 2 heterocycles. The zero-order chi connectivity index (χ0) is 25.9. The largest absolute Gasteiger partial charge is 0.493 e. The Bertz CT molecular complexity index is 1400. The highest BCUT2D eigenvalue weighted by Crippen LogP contribution is 2.30. The number of amides is 1. The molecule has 11 heteroatoms. The van der Waals surface area contributed by atoms with Gasteiger partial charge in [0.1, 0.15) is 17.3 Å². The number of carbonyl (C=O) groups is 1. The van der Waals surface area contributed by atoms with E-state index in [1.165, 1.54) is 18.6 Å². The van der Waals surface area contributed by atoms with Gasteiger partial charge in [0.2, 0.25) is 20.2 Å². The Morgan fingerprint density at radius 1 is 1.08 bits per heavy atom. The van der Waals surface area contributed by atoms with E-state index >= 15 is 0 Å². The van der Waals surface area contributed by atoms with E-state index in [2.05, 4.69) is 15.5 Å². The van der Waals surface area contributed by atoms with Gasteiger partial charge in [-0.25, -0.2) is 13.3 Å². The van der Waals surface area contributed by atoms with E-state index in [9.17, 15) is 13.2 Å². The predicted molar refractivity (Wildman–Crippen MR) is 142 cm³/mol. The number of benzene rings is 2. The number of amidine groups is 3. The van der Waals surface area contributed by atoms with Crippen LogP contribution in [0.1, 0.15) is 30.0 Å². The Balaban J connectivity index is 1.35. The van der Waals surface area contributed by atoms with Crippen LogP contribution in [-0.4, -0.2) is 54.4 Å². The third-order valence-electron chi connectivity index (χ3n) is 5.49. The zero-order valence-corrected chi connectivity index (χ0v) is 21.8. The fourth-order valence-corrected chi connectivity index (χ4v) is 5.51. The number of carbonyl (C=O) groups excluding carboxylic acids is 1. The van der Waals surface area contributed by atoms with E-state index in [1.54, 1.807) is 24.3 Å². The minimum atomic E-state index is -3.68. The first-order valence-corrected chi connectivity index (χ1v) is 13.8. The molecule has 0 radical (unpaired) electrons. The summed E-state index contributed by atoms with van der Waals surface area (Å²) in [5, 5.41) is 8.25. The van der Waals surface area contributed by atoms with Crippen molar-refractivity contribution < 1.29 is 22.7 Å². The van der Waals surface area contributed by atoms with Gasteiger partial charge in [-0.2, -0.15) is 9.39 Å². The number of nitrogens with one attached hydrogen (secondary N) is 1. The Morgan fingerprint density at radius 2 is 1.81 bits per heavy atom. The molecule has 1 amide bonds. The molecule has 188 valence electrons. The first kappa shape index (κ1) is 25.6. The number of hydrogen-bond donors (Lipinski definition) is 1. The fraction of sp³-hybridized carbons (Fsp3) is 0.280. The SMILES string of the molecule is CCS(=O)(=O)C1=NSC2=NC(=O)/C(=C\c3ccc(OCCCOc4ccc(C)cc4C)cc3)C(=N)N21. The van der Waals surface area contributed by atoms with Gasteiger partial charge in [-0.3, -0.25) is 10.2 Å². The van der Waals surface area contributed by atoms with Gasteiger partial charge < -0.3 is 9.47 Å². The fourth-order valence-electron chi connectivity index (χ4n) is 3.55. The summed E-state index contributed by atoms with van der Waals surface area (Å²) >= 11 is 0.776. The summed E-state index contributed by atoms with van der Waals surface area (Å²) in [4.78, 5) is 17.5. The smallest absolute Gasteiger partial charge is 0.283 e. The van der Waals surface area contributed by atoms with Gasteiger partial charge in [0.15, 0.2) is 0 Å². The van der Waals surface area contributed by atoms with Crippen LogP contribution >= 0.6 is 11.9 Å². The van der Waals surface area contributed by atoms with Crippen molar-refractivity contribution in [3.63, 3.8) is 0 Å². The van der Waals surface area contributed by atoms with Gasteiger partial charge in [0.25, 0.3) is 5.91 Å². The zero-order valence-electron chi connectivity index (χ0n) is 20.1. The lowest BCUT2D eigenvalue weighted by Gasteiger charge is -2.24. The molecule has 2 aliphatic heterocycles. The molecule has 0 saturated carbocycles. The minimum Gasteiger partial charge on any atom is -0.493 e. The van der Waals surface area contributed by atoms with Crippen LogP contribution in [0.3, 0.4) is 0 Å². The van der Waals surface area contributed by atoms with Gasteiger partial charge in [0.05, 0.1) is 36.5 Å². The van der Waals surface area contributed by atoms with Crippen molar-refractivity contribution in [3.05, 3.63) is 64.7 Å². The van der Waals surface area contributed by atoms with Crippen molar-refractivity contribution in [2.75, 3.05) is 19.0 Å². The average molecular weight is 527 g/mol. The molecule has 4 rings (SSSR count). The number of aryl methyl sites for hydroxylation is 2. The second-order valence-electron chi connectivity index (χ2n) is 8.20. The topological polar surface area (TPSA) is 121 Å². The maximum Gasteiger partial charge on any atom is 0.283 e. The van der Waals surface area contributed by atoms with Crippen LogP contribution in [0.2, 0.25) is 0 Å². The van der Waals surface area contributed by atoms with Gasteiger partial charge in [-0.1, -0.05) is 36.8 Å². The van der Waals surface area contributed by atoms with E-state index in [0.717, 1.165) is 28.2 Å². The molecule has 0 aromatic heterocycles. The Labute approximate surface area is 214 Å². The lowest BCUT2D eigenvalue weighted by molar-refractivity contribution is -0.114. The standard InChI is InChI=1S/C25H26N4O5S2/c1-4-36(31,32)25-28-35-24-27-23(30)20(22(26)29(24)25)15-18-7-9-19(10-8-18)33-12-5-13-34-21-11-6-16(2)14-17(21)3/h6-11,14-15,26H,4-5,12-13H2,1-3H3/b20-15-,26-22?. The molecule has 2 aromatic carbocycles. The van der Waals surface area contributed by atoms with E-state index in [1.807, 2.05) is 26.0 Å². The molecule has 0 bridgehead atoms. The average Bonchev–Trinajstić information content (AvgIpc) is 3.28. The number of sulfone groups is 1. The van der Waals surface area contributed by atoms with Crippen LogP contribution in [0.4, 0.5) is 0 Å². The van der Waals surface area contributed by atoms with Crippen molar-refractivity contribution in [1.29, 1.82) is 5.41 Å². The molecule has 0 spiro atoms. The number of hydrogen-bond acceptors (Lipinski definition) is 8. The van der Waals surface area contributed by atoms with E-state index in [4.69, 9.17) is 14.9 Å². The molecule has 2 aromatic rings. The molecule has 0 unspecified atom stereocenters. The lowest BCUT2D eigenvalue weighted by atomic mass is 10.1. The van der Waals surface area contributed by atoms with E-state index in [0.29, 0.717) is 30.9 Å². The van der Waals surface area contributed by atoms with Gasteiger partial charge in [-0.15, -0.1) is 0 Å². The maximum absolute atomic E-state index is 12.5. The Morgan fingerprint density at radius 3 is 2.50 bits per heavy atom. The molecule has 0 atom stereocenters. The van der Waals surface area contributed by atoms with Gasteiger partial charge in [0, 0.05) is 6.42 Å². The van der Waals surface area contributed by atoms with Gasteiger partial charge in [-0.05, 0) is 49.2 Å². The van der Waals surface area contributed by atoms with Crippen LogP contribution < -0.4 is 9.47 Å². The van der Waals surface area contributed by atoms with E-state index in [-0.39, 0.29) is 27.5 Å². The van der Waals surface area contributed by atoms with Crippen LogP contribution in [0.25, 0.3) is 6.08 Å². The van der Waals surface area contributed by atoms with Crippen molar-refractivity contribution in [1.82, 2.24) is 4.90 Å². The number of nitrogens with zero attached hydrogens (tertiary/aromatic N) is 3. The normalized spacial score (nSPS) is 16.6. The number of ether oxygens (including phenoxy) is 2. The number of fused-ring (bicyclic) bond motifs is 1. The van der Waals surface area contributed by atoms with Crippen LogP contribution in [0.5, 0.6) is 11.5 Å². The monoisotopic (exact) mass is 526 g/mol. The summed E-state index contributed by atoms with van der Waals surface area (Å²) in [5.74, 6) is 0.474. The summed E-state index contributed by atoms with van der Waals surface area (Å²) in [6, 6.07) is 13.1. The van der Waals surface area contributed by atoms with Crippen LogP contribution in [0, 0.1) is 19.3 Å². The summed E-state index contributed by atoms with van der Waals surface area (Å²) in [5.41, 5.74) is 2.93.